The summed E-state index contributed by atoms with van der Waals surface area (Å²) in [4.78, 5) is 50.3. The molecule has 0 atom stereocenters. The Bertz CT molecular complexity index is 1410. The smallest absolute Gasteiger partial charge is 0.274 e. The van der Waals surface area contributed by atoms with Crippen molar-refractivity contribution in [2.75, 3.05) is 37.8 Å². The van der Waals surface area contributed by atoms with E-state index < -0.39 is 11.8 Å². The number of nitrogens with zero attached hydrogens (tertiary/aromatic N) is 5. The van der Waals surface area contributed by atoms with Crippen molar-refractivity contribution in [3.8, 4) is 0 Å². The molecule has 0 radical (unpaired) electrons. The minimum Gasteiger partial charge on any atom is -0.370 e. The molecule has 14 heteroatoms. The number of amides is 3. The Labute approximate surface area is 244 Å². The molecule has 0 saturated carbocycles. The first-order chi connectivity index (χ1) is 19.3. The minimum atomic E-state index is -0.413. The van der Waals surface area contributed by atoms with Crippen molar-refractivity contribution in [1.82, 2.24) is 24.3 Å². The van der Waals surface area contributed by atoms with E-state index in [1.165, 1.54) is 11.3 Å². The normalized spacial score (nSPS) is 11.1. The van der Waals surface area contributed by atoms with Crippen LogP contribution < -0.4 is 27.4 Å². The van der Waals surface area contributed by atoms with E-state index in [-0.39, 0.29) is 11.9 Å². The molecule has 3 heterocycles. The number of carbonyl (C=O) groups excluding carboxylic acids is 3. The van der Waals surface area contributed by atoms with E-state index in [1.807, 2.05) is 14.1 Å². The fourth-order valence-electron chi connectivity index (χ4n) is 4.05. The number of aryl methyl sites for hydroxylation is 3. The summed E-state index contributed by atoms with van der Waals surface area (Å²) >= 11 is 1.30. The summed E-state index contributed by atoms with van der Waals surface area (Å²) in [6.45, 7) is 5.65. The van der Waals surface area contributed by atoms with Gasteiger partial charge >= 0.3 is 0 Å². The highest BCUT2D eigenvalue weighted by Gasteiger charge is 2.21. The van der Waals surface area contributed by atoms with Crippen LogP contribution in [0.5, 0.6) is 0 Å². The third-order valence-electron chi connectivity index (χ3n) is 6.13. The highest BCUT2D eigenvalue weighted by Crippen LogP contribution is 2.27. The van der Waals surface area contributed by atoms with Crippen molar-refractivity contribution in [1.29, 1.82) is 0 Å². The molecule has 3 aromatic heterocycles. The number of hydrogen-bond donors (Lipinski definition) is 5. The quantitative estimate of drug-likeness (QED) is 0.116. The van der Waals surface area contributed by atoms with Gasteiger partial charge in [-0.1, -0.05) is 13.8 Å². The maximum Gasteiger partial charge on any atom is 0.274 e. The van der Waals surface area contributed by atoms with Gasteiger partial charge in [0.25, 0.3) is 17.7 Å². The largest absolute Gasteiger partial charge is 0.370 e. The van der Waals surface area contributed by atoms with Crippen LogP contribution in [0.25, 0.3) is 0 Å². The molecule has 0 aliphatic rings. The average Bonchev–Trinajstić information content (AvgIpc) is 3.56. The Hall–Kier alpha value is -4.17. The molecule has 7 N–H and O–H groups in total. The van der Waals surface area contributed by atoms with E-state index in [1.54, 1.807) is 47.8 Å². The number of thiazole rings is 1. The minimum absolute atomic E-state index is 0.110. The van der Waals surface area contributed by atoms with Crippen LogP contribution in [-0.4, -0.2) is 69.9 Å². The standard InChI is InChI=1S/C27H40N10O3S/c1-16(2)8-9-21-22(25(40)30-10-7-11-35(3)4)33-27(41-21)34-24(39)20-12-17(14-36(20)5)31-23(38)19-13-18(15-37(19)6)32-26(28)29/h12-16H,7-11H2,1-6H3,(H,30,40)(H,31,38)(H4,28,29,32)(H,33,34,39). The second-order valence-corrected chi connectivity index (χ2v) is 11.6. The molecule has 3 aromatic rings. The van der Waals surface area contributed by atoms with Crippen LogP contribution in [0, 0.1) is 5.92 Å². The maximum absolute atomic E-state index is 13.2. The summed E-state index contributed by atoms with van der Waals surface area (Å²) in [6.07, 6.45) is 5.67. The van der Waals surface area contributed by atoms with E-state index in [9.17, 15) is 14.4 Å². The van der Waals surface area contributed by atoms with Crippen molar-refractivity contribution in [3.05, 3.63) is 46.5 Å². The van der Waals surface area contributed by atoms with Gasteiger partial charge in [-0.05, 0) is 58.0 Å². The van der Waals surface area contributed by atoms with Crippen LogP contribution in [-0.2, 0) is 20.5 Å². The zero-order valence-electron chi connectivity index (χ0n) is 24.4. The monoisotopic (exact) mass is 584 g/mol. The average molecular weight is 585 g/mol. The van der Waals surface area contributed by atoms with E-state index in [0.29, 0.717) is 52.5 Å². The summed E-state index contributed by atoms with van der Waals surface area (Å²) < 4.78 is 3.20. The van der Waals surface area contributed by atoms with Crippen molar-refractivity contribution in [3.63, 3.8) is 0 Å². The zero-order chi connectivity index (χ0) is 30.3. The van der Waals surface area contributed by atoms with Crippen molar-refractivity contribution < 1.29 is 14.4 Å². The van der Waals surface area contributed by atoms with Gasteiger partial charge in [0.05, 0.1) is 11.4 Å². The zero-order valence-corrected chi connectivity index (χ0v) is 25.3. The number of guanidine groups is 1. The molecule has 0 saturated heterocycles. The van der Waals surface area contributed by atoms with Gasteiger partial charge in [0.1, 0.15) is 17.1 Å². The van der Waals surface area contributed by atoms with Crippen LogP contribution in [0.3, 0.4) is 0 Å². The van der Waals surface area contributed by atoms with E-state index in [0.717, 1.165) is 24.3 Å². The first kappa shape index (κ1) is 31.4. The Morgan fingerprint density at radius 3 is 2.34 bits per heavy atom. The van der Waals surface area contributed by atoms with Crippen LogP contribution in [0.15, 0.2) is 29.5 Å². The lowest BCUT2D eigenvalue weighted by molar-refractivity contribution is 0.0944. The van der Waals surface area contributed by atoms with Gasteiger partial charge in [-0.15, -0.1) is 11.3 Å². The molecule has 0 fully saturated rings. The third kappa shape index (κ3) is 8.91. The molecular weight excluding hydrogens is 544 g/mol. The molecule has 13 nitrogen and oxygen atoms in total. The third-order valence-corrected chi connectivity index (χ3v) is 7.16. The van der Waals surface area contributed by atoms with Crippen molar-refractivity contribution in [2.45, 2.75) is 33.1 Å². The van der Waals surface area contributed by atoms with Gasteiger partial charge in [0.15, 0.2) is 11.1 Å². The van der Waals surface area contributed by atoms with Gasteiger partial charge in [0.2, 0.25) is 0 Å². The summed E-state index contributed by atoms with van der Waals surface area (Å²) in [7, 11) is 7.37. The van der Waals surface area contributed by atoms with Crippen molar-refractivity contribution >= 4 is 51.5 Å². The molecule has 0 unspecified atom stereocenters. The highest BCUT2D eigenvalue weighted by molar-refractivity contribution is 7.16. The van der Waals surface area contributed by atoms with E-state index in [2.05, 4.69) is 44.7 Å². The van der Waals surface area contributed by atoms with Crippen LogP contribution >= 0.6 is 11.3 Å². The Morgan fingerprint density at radius 2 is 1.68 bits per heavy atom. The molecule has 0 aromatic carbocycles. The lowest BCUT2D eigenvalue weighted by Crippen LogP contribution is -2.28. The van der Waals surface area contributed by atoms with Gasteiger partial charge in [-0.2, -0.15) is 0 Å². The fraction of sp³-hybridized carbons (Fsp3) is 0.444. The molecule has 0 spiro atoms. The summed E-state index contributed by atoms with van der Waals surface area (Å²) in [6, 6.07) is 3.12. The summed E-state index contributed by atoms with van der Waals surface area (Å²) in [5.74, 6) is -0.702. The van der Waals surface area contributed by atoms with Gasteiger partial charge < -0.3 is 36.1 Å². The fourth-order valence-corrected chi connectivity index (χ4v) is 5.02. The van der Waals surface area contributed by atoms with E-state index in [4.69, 9.17) is 11.5 Å². The summed E-state index contributed by atoms with van der Waals surface area (Å²) in [5.41, 5.74) is 12.7. The van der Waals surface area contributed by atoms with Crippen LogP contribution in [0.1, 0.15) is 63.0 Å². The topological polar surface area (TPSA) is 178 Å². The number of carbonyl (C=O) groups is 3. The highest BCUT2D eigenvalue weighted by atomic mass is 32.1. The number of rotatable bonds is 13. The molecule has 0 bridgehead atoms. The SMILES string of the molecule is CC(C)CCc1sc(NC(=O)c2cc(NC(=O)c3cc(N=C(N)N)cn3C)cn2C)nc1C(=O)NCCCN(C)C. The molecule has 0 aliphatic heterocycles. The first-order valence-electron chi connectivity index (χ1n) is 13.3. The predicted octanol–water partition coefficient (Wildman–Crippen LogP) is 2.50. The molecule has 0 aliphatic carbocycles. The first-order valence-corrected chi connectivity index (χ1v) is 14.1. The van der Waals surface area contributed by atoms with Gasteiger partial charge in [0, 0.05) is 37.9 Å². The molecular formula is C27H40N10O3S. The Balaban J connectivity index is 1.72. The predicted molar refractivity (Wildman–Crippen MR) is 163 cm³/mol. The lowest BCUT2D eigenvalue weighted by Gasteiger charge is -2.10. The lowest BCUT2D eigenvalue weighted by atomic mass is 10.1. The summed E-state index contributed by atoms with van der Waals surface area (Å²) in [5, 5.41) is 8.89. The second-order valence-electron chi connectivity index (χ2n) is 10.5. The number of anilines is 2. The van der Waals surface area contributed by atoms with Crippen LogP contribution in [0.4, 0.5) is 16.5 Å². The Morgan fingerprint density at radius 1 is 1.02 bits per heavy atom. The maximum atomic E-state index is 13.2. The number of hydrogen-bond acceptors (Lipinski definition) is 7. The van der Waals surface area contributed by atoms with Gasteiger partial charge in [-0.25, -0.2) is 9.98 Å². The number of nitrogens with one attached hydrogen (secondary N) is 3. The Kier molecular flexibility index (Phi) is 10.7. The van der Waals surface area contributed by atoms with Crippen molar-refractivity contribution in [2.24, 2.45) is 36.5 Å². The number of aromatic nitrogens is 3. The molecule has 222 valence electrons. The molecule has 41 heavy (non-hydrogen) atoms. The number of nitrogens with two attached hydrogens (primary N) is 2. The molecule has 3 rings (SSSR count). The number of aliphatic imine (C=N–C) groups is 1. The van der Waals surface area contributed by atoms with E-state index >= 15 is 0 Å². The second kappa shape index (κ2) is 13.9. The van der Waals surface area contributed by atoms with Gasteiger partial charge in [-0.3, -0.25) is 19.7 Å². The molecule has 3 amide bonds. The van der Waals surface area contributed by atoms with Crippen LogP contribution in [0.2, 0.25) is 0 Å².